The first-order valence-corrected chi connectivity index (χ1v) is 8.95. The summed E-state index contributed by atoms with van der Waals surface area (Å²) in [6.07, 6.45) is 3.51. The first-order chi connectivity index (χ1) is 12.0. The Hall–Kier alpha value is -1.93. The number of aromatic nitrogens is 2. The van der Waals surface area contributed by atoms with Crippen molar-refractivity contribution in [2.75, 3.05) is 18.5 Å². The molecule has 2 unspecified atom stereocenters. The van der Waals surface area contributed by atoms with Crippen LogP contribution in [0, 0.1) is 5.41 Å². The third-order valence-electron chi connectivity index (χ3n) is 5.42. The average Bonchev–Trinajstić information content (AvgIpc) is 3.03. The fourth-order valence-electron chi connectivity index (χ4n) is 3.16. The standard InChI is InChI=1S/C18H30N4O4/c1-7-25-13-9-18(19,16(13,3)4)14(23)21-12-10-20-22(11-12)17(5,6)15(24)26-8-2/h10-11,13H,7-9,19H2,1-6H3,(H,21,23). The van der Waals surface area contributed by atoms with Crippen LogP contribution in [0.4, 0.5) is 5.69 Å². The van der Waals surface area contributed by atoms with E-state index >= 15 is 0 Å². The molecule has 0 aromatic carbocycles. The lowest BCUT2D eigenvalue weighted by Crippen LogP contribution is -2.74. The maximum absolute atomic E-state index is 12.8. The van der Waals surface area contributed by atoms with Crippen LogP contribution >= 0.6 is 0 Å². The molecule has 0 radical (unpaired) electrons. The Morgan fingerprint density at radius 2 is 2.04 bits per heavy atom. The molecule has 1 fully saturated rings. The summed E-state index contributed by atoms with van der Waals surface area (Å²) in [5, 5.41) is 7.00. The van der Waals surface area contributed by atoms with Crippen molar-refractivity contribution in [3.05, 3.63) is 12.4 Å². The Kier molecular flexibility index (Phi) is 5.49. The SMILES string of the molecule is CCOC(=O)C(C)(C)n1cc(NC(=O)C2(N)CC(OCC)C2(C)C)cn1. The average molecular weight is 366 g/mol. The summed E-state index contributed by atoms with van der Waals surface area (Å²) < 4.78 is 12.2. The van der Waals surface area contributed by atoms with Gasteiger partial charge in [0.05, 0.1) is 24.6 Å². The van der Waals surface area contributed by atoms with Gasteiger partial charge in [0, 0.05) is 24.6 Å². The molecule has 146 valence electrons. The van der Waals surface area contributed by atoms with E-state index in [1.807, 2.05) is 20.8 Å². The second kappa shape index (κ2) is 7.00. The van der Waals surface area contributed by atoms with Crippen LogP contribution in [0.25, 0.3) is 0 Å². The van der Waals surface area contributed by atoms with Gasteiger partial charge >= 0.3 is 5.97 Å². The lowest BCUT2D eigenvalue weighted by molar-refractivity contribution is -0.166. The van der Waals surface area contributed by atoms with Crippen molar-refractivity contribution in [1.82, 2.24) is 9.78 Å². The van der Waals surface area contributed by atoms with Crippen LogP contribution in [0.5, 0.6) is 0 Å². The molecule has 1 heterocycles. The maximum Gasteiger partial charge on any atom is 0.333 e. The molecule has 1 aliphatic carbocycles. The van der Waals surface area contributed by atoms with Gasteiger partial charge in [0.2, 0.25) is 5.91 Å². The van der Waals surface area contributed by atoms with Gasteiger partial charge in [0.15, 0.2) is 5.54 Å². The van der Waals surface area contributed by atoms with Crippen LogP contribution in [0.1, 0.15) is 48.0 Å². The molecule has 0 bridgehead atoms. The zero-order valence-corrected chi connectivity index (χ0v) is 16.5. The van der Waals surface area contributed by atoms with Gasteiger partial charge in [0.25, 0.3) is 0 Å². The number of hydrogen-bond acceptors (Lipinski definition) is 6. The summed E-state index contributed by atoms with van der Waals surface area (Å²) >= 11 is 0. The van der Waals surface area contributed by atoms with Crippen molar-refractivity contribution in [2.24, 2.45) is 11.1 Å². The number of amides is 1. The zero-order chi connectivity index (χ0) is 19.8. The van der Waals surface area contributed by atoms with Crippen molar-refractivity contribution < 1.29 is 19.1 Å². The molecule has 0 aliphatic heterocycles. The van der Waals surface area contributed by atoms with E-state index in [9.17, 15) is 9.59 Å². The minimum Gasteiger partial charge on any atom is -0.464 e. The van der Waals surface area contributed by atoms with Crippen LogP contribution in [0.3, 0.4) is 0 Å². The van der Waals surface area contributed by atoms with E-state index in [1.165, 1.54) is 10.9 Å². The van der Waals surface area contributed by atoms with Gasteiger partial charge in [0.1, 0.15) is 5.54 Å². The molecule has 0 saturated heterocycles. The third-order valence-corrected chi connectivity index (χ3v) is 5.42. The largest absolute Gasteiger partial charge is 0.464 e. The van der Waals surface area contributed by atoms with Crippen LogP contribution < -0.4 is 11.1 Å². The molecule has 8 nitrogen and oxygen atoms in total. The van der Waals surface area contributed by atoms with E-state index < -0.39 is 22.5 Å². The highest BCUT2D eigenvalue weighted by Gasteiger charge is 2.62. The molecular weight excluding hydrogens is 336 g/mol. The van der Waals surface area contributed by atoms with E-state index in [2.05, 4.69) is 10.4 Å². The van der Waals surface area contributed by atoms with Crippen LogP contribution in [0.15, 0.2) is 12.4 Å². The molecule has 8 heteroatoms. The van der Waals surface area contributed by atoms with E-state index in [-0.39, 0.29) is 12.0 Å². The highest BCUT2D eigenvalue weighted by Crippen LogP contribution is 2.50. The van der Waals surface area contributed by atoms with Gasteiger partial charge in [-0.3, -0.25) is 9.48 Å². The van der Waals surface area contributed by atoms with Crippen molar-refractivity contribution in [3.8, 4) is 0 Å². The zero-order valence-electron chi connectivity index (χ0n) is 16.5. The summed E-state index contributed by atoms with van der Waals surface area (Å²) in [4.78, 5) is 24.8. The normalized spacial score (nSPS) is 24.7. The Labute approximate surface area is 154 Å². The lowest BCUT2D eigenvalue weighted by atomic mass is 9.54. The quantitative estimate of drug-likeness (QED) is 0.710. The van der Waals surface area contributed by atoms with Gasteiger partial charge in [-0.2, -0.15) is 5.10 Å². The number of nitrogens with one attached hydrogen (secondary N) is 1. The highest BCUT2D eigenvalue weighted by atomic mass is 16.5. The number of rotatable bonds is 7. The predicted octanol–water partition coefficient (Wildman–Crippen LogP) is 1.65. The van der Waals surface area contributed by atoms with E-state index in [0.717, 1.165) is 0 Å². The molecule has 26 heavy (non-hydrogen) atoms. The summed E-state index contributed by atoms with van der Waals surface area (Å²) in [6.45, 7) is 11.8. The number of anilines is 1. The molecule has 1 aromatic heterocycles. The summed E-state index contributed by atoms with van der Waals surface area (Å²) in [5.41, 5.74) is 4.38. The fourth-order valence-corrected chi connectivity index (χ4v) is 3.16. The van der Waals surface area contributed by atoms with E-state index in [4.69, 9.17) is 15.2 Å². The van der Waals surface area contributed by atoms with Crippen molar-refractivity contribution in [2.45, 2.75) is 65.1 Å². The summed E-state index contributed by atoms with van der Waals surface area (Å²) in [7, 11) is 0. The molecule has 2 rings (SSSR count). The molecule has 2 atom stereocenters. The first kappa shape index (κ1) is 20.4. The summed E-state index contributed by atoms with van der Waals surface area (Å²) in [6, 6.07) is 0. The van der Waals surface area contributed by atoms with Crippen molar-refractivity contribution >= 4 is 17.6 Å². The number of nitrogens with zero attached hydrogens (tertiary/aromatic N) is 2. The first-order valence-electron chi connectivity index (χ1n) is 8.95. The minimum absolute atomic E-state index is 0.0475. The predicted molar refractivity (Wildman–Crippen MR) is 97.5 cm³/mol. The van der Waals surface area contributed by atoms with Crippen LogP contribution in [-0.2, 0) is 24.6 Å². The van der Waals surface area contributed by atoms with Gasteiger partial charge in [-0.1, -0.05) is 13.8 Å². The van der Waals surface area contributed by atoms with E-state index in [0.29, 0.717) is 25.3 Å². The number of esters is 1. The molecule has 1 aromatic rings. The number of carbonyl (C=O) groups excluding carboxylic acids is 2. The number of carbonyl (C=O) groups is 2. The van der Waals surface area contributed by atoms with Gasteiger partial charge in [-0.05, 0) is 27.7 Å². The number of hydrogen-bond donors (Lipinski definition) is 2. The monoisotopic (exact) mass is 366 g/mol. The van der Waals surface area contributed by atoms with Crippen molar-refractivity contribution in [1.29, 1.82) is 0 Å². The lowest BCUT2D eigenvalue weighted by Gasteiger charge is -2.57. The smallest absolute Gasteiger partial charge is 0.333 e. The Morgan fingerprint density at radius 1 is 1.38 bits per heavy atom. The Bertz CT molecular complexity index is 682. The molecular formula is C18H30N4O4. The third kappa shape index (κ3) is 3.23. The van der Waals surface area contributed by atoms with Crippen LogP contribution in [0.2, 0.25) is 0 Å². The highest BCUT2D eigenvalue weighted by molar-refractivity contribution is 5.99. The minimum atomic E-state index is -1.02. The topological polar surface area (TPSA) is 108 Å². The van der Waals surface area contributed by atoms with Crippen LogP contribution in [-0.4, -0.2) is 46.5 Å². The van der Waals surface area contributed by atoms with Crippen molar-refractivity contribution in [3.63, 3.8) is 0 Å². The molecule has 0 spiro atoms. The van der Waals surface area contributed by atoms with E-state index in [1.54, 1.807) is 27.0 Å². The van der Waals surface area contributed by atoms with Gasteiger partial charge < -0.3 is 20.5 Å². The second-order valence-corrected chi connectivity index (χ2v) is 7.75. The molecule has 1 saturated carbocycles. The van der Waals surface area contributed by atoms with Gasteiger partial charge in [-0.25, -0.2) is 4.79 Å². The number of ether oxygens (including phenoxy) is 2. The Morgan fingerprint density at radius 3 is 2.58 bits per heavy atom. The second-order valence-electron chi connectivity index (χ2n) is 7.75. The molecule has 3 N–H and O–H groups in total. The number of nitrogens with two attached hydrogens (primary N) is 1. The molecule has 1 aliphatic rings. The summed E-state index contributed by atoms with van der Waals surface area (Å²) in [5.74, 6) is -0.678. The Balaban J connectivity index is 2.10. The molecule has 1 amide bonds. The van der Waals surface area contributed by atoms with Gasteiger partial charge in [-0.15, -0.1) is 0 Å². The maximum atomic E-state index is 12.8. The fraction of sp³-hybridized carbons (Fsp3) is 0.722.